The van der Waals surface area contributed by atoms with Crippen molar-refractivity contribution in [2.24, 2.45) is 5.92 Å². The number of nitriles is 1. The van der Waals surface area contributed by atoms with Gasteiger partial charge < -0.3 is 19.4 Å². The number of carbonyl (C=O) groups is 2. The molecular weight excluding hydrogens is 559 g/mol. The molecule has 6 rings (SSSR count). The normalized spacial score (nSPS) is 24.9. The van der Waals surface area contributed by atoms with E-state index in [2.05, 4.69) is 29.4 Å². The van der Waals surface area contributed by atoms with Crippen LogP contribution in [0, 0.1) is 23.1 Å². The van der Waals surface area contributed by atoms with E-state index in [1.165, 1.54) is 12.1 Å². The summed E-state index contributed by atoms with van der Waals surface area (Å²) in [4.78, 5) is 39.5. The highest BCUT2D eigenvalue weighted by Crippen LogP contribution is 2.45. The van der Waals surface area contributed by atoms with Crippen LogP contribution < -0.4 is 9.64 Å². The van der Waals surface area contributed by atoms with Gasteiger partial charge in [0.05, 0.1) is 17.8 Å². The second-order valence-electron chi connectivity index (χ2n) is 11.6. The van der Waals surface area contributed by atoms with Gasteiger partial charge in [-0.05, 0) is 57.5 Å². The van der Waals surface area contributed by atoms with Gasteiger partial charge in [-0.2, -0.15) is 5.26 Å². The van der Waals surface area contributed by atoms with Crippen LogP contribution in [0.25, 0.3) is 11.3 Å². The quantitative estimate of drug-likeness (QED) is 0.496. The van der Waals surface area contributed by atoms with E-state index in [1.807, 2.05) is 0 Å². The number of pyridine rings is 1. The van der Waals surface area contributed by atoms with Crippen LogP contribution in [0.5, 0.6) is 5.75 Å². The van der Waals surface area contributed by atoms with Crippen molar-refractivity contribution in [2.45, 2.75) is 44.3 Å². The fourth-order valence-electron chi connectivity index (χ4n) is 6.77. The van der Waals surface area contributed by atoms with E-state index in [0.717, 1.165) is 32.4 Å². The number of hydrogen-bond acceptors (Lipinski definition) is 7. The number of likely N-dealkylation sites (tertiary alicyclic amines) is 1. The van der Waals surface area contributed by atoms with Crippen molar-refractivity contribution < 1.29 is 18.7 Å². The zero-order chi connectivity index (χ0) is 29.5. The molecule has 3 fully saturated rings. The molecule has 0 saturated carbocycles. The van der Waals surface area contributed by atoms with Crippen molar-refractivity contribution in [3.63, 3.8) is 0 Å². The minimum atomic E-state index is -0.471. The molecule has 220 valence electrons. The molecule has 3 atom stereocenters. The number of piperazine rings is 1. The highest BCUT2D eigenvalue weighted by molar-refractivity contribution is 6.35. The molecule has 0 radical (unpaired) electrons. The van der Waals surface area contributed by atoms with Crippen LogP contribution in [0.15, 0.2) is 36.9 Å². The average molecular weight is 593 g/mol. The maximum absolute atomic E-state index is 15.1. The van der Waals surface area contributed by atoms with E-state index in [9.17, 15) is 14.9 Å². The first-order chi connectivity index (χ1) is 20.3. The first-order valence-electron chi connectivity index (χ1n) is 14.5. The maximum Gasteiger partial charge on any atom is 0.261 e. The molecule has 0 bridgehead atoms. The fourth-order valence-corrected chi connectivity index (χ4v) is 7.06. The summed E-state index contributed by atoms with van der Waals surface area (Å²) in [5.74, 6) is -0.189. The summed E-state index contributed by atoms with van der Waals surface area (Å²) in [5.41, 5.74) is 0.737. The van der Waals surface area contributed by atoms with Gasteiger partial charge in [0.15, 0.2) is 5.75 Å². The second kappa shape index (κ2) is 11.5. The monoisotopic (exact) mass is 592 g/mol. The molecule has 0 spiro atoms. The standard InChI is InChI=1S/C31H34ClFN6O3/c1-3-25(40)37-12-13-38-22(16-37)18-42-29-26(31(38)41)30(35-28(27(29)32)23-6-4-5-7-24(23)33)39-17-21(14-19(39)2)36-10-8-20(15-34)9-11-36/h3-7,19-22H,1,8-14,16-18H2,2H3/t19-,21?,22?/m0/s1. The highest BCUT2D eigenvalue weighted by Gasteiger charge is 2.43. The Bertz CT molecular complexity index is 1450. The lowest BCUT2D eigenvalue weighted by atomic mass is 9.97. The van der Waals surface area contributed by atoms with Crippen LogP contribution in [0.3, 0.4) is 0 Å². The maximum atomic E-state index is 15.1. The van der Waals surface area contributed by atoms with Crippen molar-refractivity contribution in [2.75, 3.05) is 50.8 Å². The van der Waals surface area contributed by atoms with E-state index in [4.69, 9.17) is 21.3 Å². The Labute approximate surface area is 250 Å². The first kappa shape index (κ1) is 28.4. The number of ether oxygens (including phenoxy) is 1. The van der Waals surface area contributed by atoms with Crippen molar-refractivity contribution >= 4 is 29.2 Å². The Balaban J connectivity index is 1.41. The second-order valence-corrected chi connectivity index (χ2v) is 11.9. The number of anilines is 1. The number of benzene rings is 1. The topological polar surface area (TPSA) is 93.0 Å². The van der Waals surface area contributed by atoms with Gasteiger partial charge in [0.1, 0.15) is 28.8 Å². The zero-order valence-corrected chi connectivity index (χ0v) is 24.4. The van der Waals surface area contributed by atoms with Gasteiger partial charge in [0.2, 0.25) is 5.91 Å². The Kier molecular flexibility index (Phi) is 7.81. The summed E-state index contributed by atoms with van der Waals surface area (Å²) in [6.07, 6.45) is 3.84. The van der Waals surface area contributed by atoms with Crippen LogP contribution in [0.2, 0.25) is 5.02 Å². The molecule has 2 aromatic rings. The Morgan fingerprint density at radius 1 is 1.17 bits per heavy atom. The number of halogens is 2. The third kappa shape index (κ3) is 4.99. The lowest BCUT2D eigenvalue weighted by Gasteiger charge is -2.39. The molecular formula is C31H34ClFN6O3. The summed E-state index contributed by atoms with van der Waals surface area (Å²) in [7, 11) is 0. The van der Waals surface area contributed by atoms with Gasteiger partial charge in [-0.25, -0.2) is 9.37 Å². The van der Waals surface area contributed by atoms with E-state index >= 15 is 4.39 Å². The van der Waals surface area contributed by atoms with Gasteiger partial charge in [-0.15, -0.1) is 0 Å². The van der Waals surface area contributed by atoms with Crippen molar-refractivity contribution in [1.29, 1.82) is 5.26 Å². The van der Waals surface area contributed by atoms with Gasteiger partial charge in [-0.1, -0.05) is 30.3 Å². The zero-order valence-electron chi connectivity index (χ0n) is 23.6. The number of amides is 2. The van der Waals surface area contributed by atoms with Crippen LogP contribution in [-0.2, 0) is 4.79 Å². The van der Waals surface area contributed by atoms with E-state index in [0.29, 0.717) is 32.0 Å². The summed E-state index contributed by atoms with van der Waals surface area (Å²) in [6.45, 7) is 9.20. The third-order valence-corrected chi connectivity index (χ3v) is 9.47. The molecule has 5 heterocycles. The SMILES string of the molecule is C=CC(=O)N1CCN2C(=O)c3c(N4CC(N5CCC(C#N)CC5)C[C@@H]4C)nc(-c4ccccc4F)c(Cl)c3OCC2C1. The molecule has 1 aromatic carbocycles. The predicted octanol–water partition coefficient (Wildman–Crippen LogP) is 3.98. The van der Waals surface area contributed by atoms with Crippen molar-refractivity contribution in [3.8, 4) is 23.1 Å². The lowest BCUT2D eigenvalue weighted by molar-refractivity contribution is -0.128. The van der Waals surface area contributed by atoms with Gasteiger partial charge in [0.25, 0.3) is 5.91 Å². The van der Waals surface area contributed by atoms with Crippen LogP contribution in [0.1, 0.15) is 36.5 Å². The van der Waals surface area contributed by atoms with Gasteiger partial charge >= 0.3 is 0 Å². The van der Waals surface area contributed by atoms with E-state index in [-0.39, 0.29) is 70.1 Å². The average Bonchev–Trinajstić information content (AvgIpc) is 3.33. The van der Waals surface area contributed by atoms with E-state index < -0.39 is 5.82 Å². The van der Waals surface area contributed by atoms with Crippen LogP contribution in [-0.4, -0.2) is 95.5 Å². The highest BCUT2D eigenvalue weighted by atomic mass is 35.5. The summed E-state index contributed by atoms with van der Waals surface area (Å²) >= 11 is 6.91. The Morgan fingerprint density at radius 3 is 2.64 bits per heavy atom. The number of nitrogens with zero attached hydrogens (tertiary/aromatic N) is 6. The molecule has 2 unspecified atom stereocenters. The van der Waals surface area contributed by atoms with Crippen molar-refractivity contribution in [1.82, 2.24) is 19.7 Å². The number of carbonyl (C=O) groups excluding carboxylic acids is 2. The number of aromatic nitrogens is 1. The Morgan fingerprint density at radius 2 is 1.93 bits per heavy atom. The molecule has 1 aromatic heterocycles. The first-order valence-corrected chi connectivity index (χ1v) is 14.9. The molecule has 3 saturated heterocycles. The smallest absolute Gasteiger partial charge is 0.261 e. The minimum absolute atomic E-state index is 0.0452. The number of piperidine rings is 1. The van der Waals surface area contributed by atoms with Gasteiger partial charge in [-0.3, -0.25) is 14.5 Å². The van der Waals surface area contributed by atoms with Crippen molar-refractivity contribution in [3.05, 3.63) is 53.3 Å². The number of rotatable bonds is 4. The van der Waals surface area contributed by atoms with Crippen LogP contribution >= 0.6 is 11.6 Å². The van der Waals surface area contributed by atoms with Gasteiger partial charge in [0, 0.05) is 49.7 Å². The molecule has 2 amide bonds. The molecule has 0 N–H and O–H groups in total. The van der Waals surface area contributed by atoms with E-state index in [1.54, 1.807) is 28.0 Å². The minimum Gasteiger partial charge on any atom is -0.489 e. The number of fused-ring (bicyclic) bond motifs is 2. The third-order valence-electron chi connectivity index (χ3n) is 9.12. The lowest BCUT2D eigenvalue weighted by Crippen LogP contribution is -2.57. The fraction of sp³-hybridized carbons (Fsp3) is 0.484. The predicted molar refractivity (Wildman–Crippen MR) is 157 cm³/mol. The summed E-state index contributed by atoms with van der Waals surface area (Å²) in [5, 5.41) is 9.43. The molecule has 4 aliphatic heterocycles. The molecule has 0 aliphatic carbocycles. The Hall–Kier alpha value is -3.68. The largest absolute Gasteiger partial charge is 0.489 e. The summed E-state index contributed by atoms with van der Waals surface area (Å²) < 4.78 is 21.4. The molecule has 11 heteroatoms. The molecule has 4 aliphatic rings. The molecule has 9 nitrogen and oxygen atoms in total. The number of hydrogen-bond donors (Lipinski definition) is 0. The molecule has 42 heavy (non-hydrogen) atoms. The van der Waals surface area contributed by atoms with Crippen LogP contribution in [0.4, 0.5) is 10.2 Å². The summed E-state index contributed by atoms with van der Waals surface area (Å²) in [6, 6.07) is 8.59.